The number of rotatable bonds is 6. The first-order valence-electron chi connectivity index (χ1n) is 8.82. The van der Waals surface area contributed by atoms with Crippen molar-refractivity contribution in [1.29, 1.82) is 0 Å². The molecule has 0 spiro atoms. The second-order valence-electron chi connectivity index (χ2n) is 7.05. The second kappa shape index (κ2) is 7.15. The highest BCUT2D eigenvalue weighted by molar-refractivity contribution is 5.80. The van der Waals surface area contributed by atoms with Gasteiger partial charge in [-0.15, -0.1) is 0 Å². The van der Waals surface area contributed by atoms with Crippen LogP contribution in [0, 0.1) is 5.41 Å². The lowest BCUT2D eigenvalue weighted by molar-refractivity contribution is -0.154. The Kier molecular flexibility index (Phi) is 4.93. The third kappa shape index (κ3) is 3.69. The van der Waals surface area contributed by atoms with Crippen LogP contribution in [0.4, 0.5) is 17.1 Å². The normalized spacial score (nSPS) is 13.0. The Morgan fingerprint density at radius 2 is 1.81 bits per heavy atom. The molecule has 0 unspecified atom stereocenters. The predicted molar refractivity (Wildman–Crippen MR) is 103 cm³/mol. The fourth-order valence-corrected chi connectivity index (χ4v) is 2.57. The van der Waals surface area contributed by atoms with Crippen molar-refractivity contribution >= 4 is 23.0 Å². The maximum absolute atomic E-state index is 12.1. The maximum atomic E-state index is 12.1. The largest absolute Gasteiger partial charge is 0.506 e. The van der Waals surface area contributed by atoms with Gasteiger partial charge >= 0.3 is 5.97 Å². The van der Waals surface area contributed by atoms with Gasteiger partial charge in [0.1, 0.15) is 11.4 Å². The Morgan fingerprint density at radius 1 is 1.15 bits per heavy atom. The van der Waals surface area contributed by atoms with Crippen LogP contribution in [0.1, 0.15) is 32.8 Å². The molecule has 6 heteroatoms. The third-order valence-corrected chi connectivity index (χ3v) is 4.73. The number of hydrazine groups is 2. The minimum Gasteiger partial charge on any atom is -0.506 e. The van der Waals surface area contributed by atoms with Gasteiger partial charge in [-0.2, -0.15) is 5.12 Å². The SMILES string of the molecule is CCC(C)(C)C(=O)OCCc1ccc(O)c(N2Nc3ccccc3N2)c1. The number of carbonyl (C=O) groups excluding carboxylic acids is 1. The van der Waals surface area contributed by atoms with Crippen molar-refractivity contribution in [3.05, 3.63) is 48.0 Å². The summed E-state index contributed by atoms with van der Waals surface area (Å²) in [7, 11) is 0. The minimum atomic E-state index is -0.463. The zero-order valence-corrected chi connectivity index (χ0v) is 15.4. The molecule has 0 amide bonds. The quantitative estimate of drug-likeness (QED) is 0.678. The van der Waals surface area contributed by atoms with Gasteiger partial charge < -0.3 is 9.84 Å². The first-order chi connectivity index (χ1) is 12.4. The van der Waals surface area contributed by atoms with E-state index in [4.69, 9.17) is 4.74 Å². The summed E-state index contributed by atoms with van der Waals surface area (Å²) in [6.07, 6.45) is 1.32. The van der Waals surface area contributed by atoms with Crippen LogP contribution in [0.15, 0.2) is 42.5 Å². The molecule has 0 saturated heterocycles. The first-order valence-corrected chi connectivity index (χ1v) is 8.82. The van der Waals surface area contributed by atoms with E-state index in [-0.39, 0.29) is 11.7 Å². The number of anilines is 3. The van der Waals surface area contributed by atoms with Crippen LogP contribution >= 0.6 is 0 Å². The van der Waals surface area contributed by atoms with Crippen LogP contribution in [-0.2, 0) is 16.0 Å². The fraction of sp³-hybridized carbons (Fsp3) is 0.350. The Morgan fingerprint density at radius 3 is 2.42 bits per heavy atom. The van der Waals surface area contributed by atoms with E-state index in [1.54, 1.807) is 11.2 Å². The van der Waals surface area contributed by atoms with Gasteiger partial charge in [0.15, 0.2) is 0 Å². The predicted octanol–water partition coefficient (Wildman–Crippen LogP) is 4.09. The average Bonchev–Trinajstić information content (AvgIpc) is 3.06. The van der Waals surface area contributed by atoms with Gasteiger partial charge in [0.05, 0.1) is 23.4 Å². The molecule has 0 aliphatic carbocycles. The van der Waals surface area contributed by atoms with Crippen molar-refractivity contribution in [3.8, 4) is 5.75 Å². The first kappa shape index (κ1) is 17.9. The monoisotopic (exact) mass is 355 g/mol. The summed E-state index contributed by atoms with van der Waals surface area (Å²) in [5, 5.41) is 11.9. The van der Waals surface area contributed by atoms with Crippen molar-refractivity contribution in [3.63, 3.8) is 0 Å². The molecule has 2 aromatic carbocycles. The number of carbonyl (C=O) groups is 1. The molecule has 2 aromatic rings. The molecule has 1 aliphatic heterocycles. The molecule has 138 valence electrons. The summed E-state index contributed by atoms with van der Waals surface area (Å²) < 4.78 is 5.40. The molecule has 0 atom stereocenters. The Hall–Kier alpha value is -2.89. The molecule has 3 N–H and O–H groups in total. The standard InChI is InChI=1S/C20H25N3O3/c1-4-20(2,3)19(25)26-12-11-14-9-10-18(24)17(13-14)23-21-15-7-5-6-8-16(15)22-23/h5-10,13,21-22,24H,4,11-12H2,1-3H3. The highest BCUT2D eigenvalue weighted by Crippen LogP contribution is 2.35. The molecule has 0 bridgehead atoms. The number of nitrogens with one attached hydrogen (secondary N) is 2. The summed E-state index contributed by atoms with van der Waals surface area (Å²) in [5.41, 5.74) is 9.39. The third-order valence-electron chi connectivity index (χ3n) is 4.73. The molecular weight excluding hydrogens is 330 g/mol. The molecule has 0 saturated carbocycles. The molecular formula is C20H25N3O3. The van der Waals surface area contributed by atoms with Gasteiger partial charge in [-0.05, 0) is 50.1 Å². The zero-order valence-electron chi connectivity index (χ0n) is 15.4. The number of nitrogens with zero attached hydrogens (tertiary/aromatic N) is 1. The lowest BCUT2D eigenvalue weighted by atomic mass is 9.91. The number of ether oxygens (including phenoxy) is 1. The van der Waals surface area contributed by atoms with E-state index in [0.717, 1.165) is 23.4 Å². The topological polar surface area (TPSA) is 73.8 Å². The van der Waals surface area contributed by atoms with E-state index in [1.807, 2.05) is 57.2 Å². The molecule has 1 heterocycles. The van der Waals surface area contributed by atoms with E-state index in [1.165, 1.54) is 0 Å². The molecule has 3 rings (SSSR count). The number of fused-ring (bicyclic) bond motifs is 1. The molecule has 0 radical (unpaired) electrons. The van der Waals surface area contributed by atoms with Crippen molar-refractivity contribution < 1.29 is 14.6 Å². The molecule has 0 aromatic heterocycles. The van der Waals surface area contributed by atoms with Gasteiger partial charge in [-0.1, -0.05) is 25.1 Å². The van der Waals surface area contributed by atoms with Gasteiger partial charge in [-0.3, -0.25) is 15.6 Å². The lowest BCUT2D eigenvalue weighted by Gasteiger charge is -2.21. The highest BCUT2D eigenvalue weighted by atomic mass is 16.5. The van der Waals surface area contributed by atoms with Gasteiger partial charge in [-0.25, -0.2) is 0 Å². The van der Waals surface area contributed by atoms with E-state index in [9.17, 15) is 9.90 Å². The van der Waals surface area contributed by atoms with Crippen LogP contribution < -0.4 is 16.0 Å². The Bertz CT molecular complexity index is 780. The number of benzene rings is 2. The molecule has 6 nitrogen and oxygen atoms in total. The van der Waals surface area contributed by atoms with Crippen molar-refractivity contribution in [2.45, 2.75) is 33.6 Å². The summed E-state index contributed by atoms with van der Waals surface area (Å²) in [6, 6.07) is 13.2. The van der Waals surface area contributed by atoms with Gasteiger partial charge in [0.25, 0.3) is 0 Å². The summed E-state index contributed by atoms with van der Waals surface area (Å²) in [6.45, 7) is 6.06. The van der Waals surface area contributed by atoms with Crippen LogP contribution in [0.5, 0.6) is 5.75 Å². The van der Waals surface area contributed by atoms with Crippen molar-refractivity contribution in [1.82, 2.24) is 0 Å². The van der Waals surface area contributed by atoms with Crippen LogP contribution in [0.3, 0.4) is 0 Å². The number of hydrogen-bond acceptors (Lipinski definition) is 6. The van der Waals surface area contributed by atoms with Gasteiger partial charge in [0.2, 0.25) is 0 Å². The highest BCUT2D eigenvalue weighted by Gasteiger charge is 2.27. The number of phenolic OH excluding ortho intramolecular Hbond substituents is 1. The van der Waals surface area contributed by atoms with Crippen LogP contribution in [-0.4, -0.2) is 17.7 Å². The number of para-hydroxylation sites is 2. The molecule has 0 fully saturated rings. The summed E-state index contributed by atoms with van der Waals surface area (Å²) in [5.74, 6) is -0.0250. The summed E-state index contributed by atoms with van der Waals surface area (Å²) >= 11 is 0. The number of phenols is 1. The van der Waals surface area contributed by atoms with Gasteiger partial charge in [0, 0.05) is 6.42 Å². The maximum Gasteiger partial charge on any atom is 0.311 e. The Labute approximate surface area is 153 Å². The summed E-state index contributed by atoms with van der Waals surface area (Å²) in [4.78, 5) is 12.1. The van der Waals surface area contributed by atoms with Crippen LogP contribution in [0.2, 0.25) is 0 Å². The van der Waals surface area contributed by atoms with Crippen molar-refractivity contribution in [2.75, 3.05) is 22.6 Å². The average molecular weight is 355 g/mol. The Balaban J connectivity index is 1.65. The lowest BCUT2D eigenvalue weighted by Crippen LogP contribution is -2.29. The fourth-order valence-electron chi connectivity index (χ4n) is 2.57. The number of esters is 1. The minimum absolute atomic E-state index is 0.158. The zero-order chi connectivity index (χ0) is 18.7. The molecule has 26 heavy (non-hydrogen) atoms. The van der Waals surface area contributed by atoms with E-state index >= 15 is 0 Å². The van der Waals surface area contributed by atoms with Crippen LogP contribution in [0.25, 0.3) is 0 Å². The second-order valence-corrected chi connectivity index (χ2v) is 7.05. The smallest absolute Gasteiger partial charge is 0.311 e. The van der Waals surface area contributed by atoms with E-state index in [2.05, 4.69) is 10.9 Å². The molecule has 1 aliphatic rings. The van der Waals surface area contributed by atoms with E-state index in [0.29, 0.717) is 18.7 Å². The number of hydrogen-bond donors (Lipinski definition) is 3. The number of aromatic hydroxyl groups is 1. The van der Waals surface area contributed by atoms with Crippen molar-refractivity contribution in [2.24, 2.45) is 5.41 Å². The van der Waals surface area contributed by atoms with E-state index < -0.39 is 5.41 Å².